The van der Waals surface area contributed by atoms with Crippen LogP contribution in [0.2, 0.25) is 0 Å². The predicted molar refractivity (Wildman–Crippen MR) is 117 cm³/mol. The van der Waals surface area contributed by atoms with Crippen molar-refractivity contribution in [2.24, 2.45) is 5.92 Å². The van der Waals surface area contributed by atoms with Crippen LogP contribution in [0.5, 0.6) is 0 Å². The Morgan fingerprint density at radius 3 is 2.50 bits per heavy atom. The molecule has 2 heterocycles. The Labute approximate surface area is 177 Å². The first kappa shape index (κ1) is 20.3. The third kappa shape index (κ3) is 4.76. The normalized spacial score (nSPS) is 15.3. The summed E-state index contributed by atoms with van der Waals surface area (Å²) in [4.78, 5) is 19.5. The summed E-state index contributed by atoms with van der Waals surface area (Å²) in [6.07, 6.45) is 1.67. The molecule has 6 nitrogen and oxygen atoms in total. The molecule has 0 aliphatic carbocycles. The summed E-state index contributed by atoms with van der Waals surface area (Å²) in [5.41, 5.74) is 5.42. The van der Waals surface area contributed by atoms with E-state index in [4.69, 9.17) is 4.52 Å². The minimum absolute atomic E-state index is 0.0382. The fourth-order valence-electron chi connectivity index (χ4n) is 3.75. The molecule has 4 rings (SSSR count). The number of carbonyl (C=O) groups is 1. The molecule has 3 aromatic rings. The molecular weight excluding hydrogens is 376 g/mol. The lowest BCUT2D eigenvalue weighted by Crippen LogP contribution is -2.38. The lowest BCUT2D eigenvalue weighted by molar-refractivity contribution is -0.121. The first-order chi connectivity index (χ1) is 14.5. The highest BCUT2D eigenvalue weighted by Crippen LogP contribution is 2.23. The van der Waals surface area contributed by atoms with Crippen LogP contribution in [-0.2, 0) is 11.3 Å². The van der Waals surface area contributed by atoms with Crippen LogP contribution in [0.1, 0.15) is 35.4 Å². The number of anilines is 1. The van der Waals surface area contributed by atoms with E-state index in [9.17, 15) is 4.79 Å². The number of aryl methyl sites for hydroxylation is 3. The Bertz CT molecular complexity index is 1020. The van der Waals surface area contributed by atoms with E-state index in [-0.39, 0.29) is 11.8 Å². The first-order valence-electron chi connectivity index (χ1n) is 10.5. The van der Waals surface area contributed by atoms with Crippen molar-refractivity contribution in [3.8, 4) is 11.5 Å². The second-order valence-corrected chi connectivity index (χ2v) is 8.22. The molecule has 1 aliphatic heterocycles. The van der Waals surface area contributed by atoms with E-state index in [1.807, 2.05) is 42.5 Å². The zero-order chi connectivity index (χ0) is 21.1. The zero-order valence-corrected chi connectivity index (χ0v) is 17.8. The van der Waals surface area contributed by atoms with Gasteiger partial charge in [-0.25, -0.2) is 0 Å². The summed E-state index contributed by atoms with van der Waals surface area (Å²) < 4.78 is 5.42. The average molecular weight is 405 g/mol. The highest BCUT2D eigenvalue weighted by molar-refractivity contribution is 5.92. The third-order valence-corrected chi connectivity index (χ3v) is 5.86. The van der Waals surface area contributed by atoms with E-state index in [1.165, 1.54) is 16.7 Å². The van der Waals surface area contributed by atoms with Crippen LogP contribution >= 0.6 is 0 Å². The maximum atomic E-state index is 12.6. The molecule has 30 heavy (non-hydrogen) atoms. The quantitative estimate of drug-likeness (QED) is 0.677. The Hall–Kier alpha value is -2.99. The minimum Gasteiger partial charge on any atom is -0.334 e. The molecule has 1 aromatic heterocycles. The standard InChI is InChI=1S/C24H28N4O2/c1-16-4-7-20(8-5-16)24-26-22(27-30-24)15-28-12-10-19(11-13-28)23(29)25-21-9-6-17(2)18(3)14-21/h4-9,14,19H,10-13,15H2,1-3H3,(H,25,29). The maximum absolute atomic E-state index is 12.6. The van der Waals surface area contributed by atoms with Gasteiger partial charge in [-0.15, -0.1) is 0 Å². The van der Waals surface area contributed by atoms with Gasteiger partial charge in [-0.1, -0.05) is 28.9 Å². The molecule has 1 amide bonds. The molecule has 6 heteroatoms. The molecule has 0 unspecified atom stereocenters. The second kappa shape index (κ2) is 8.79. The maximum Gasteiger partial charge on any atom is 0.257 e. The van der Waals surface area contributed by atoms with Gasteiger partial charge in [0.1, 0.15) is 0 Å². The van der Waals surface area contributed by atoms with Crippen molar-refractivity contribution in [1.82, 2.24) is 15.0 Å². The van der Waals surface area contributed by atoms with Crippen LogP contribution in [0.3, 0.4) is 0 Å². The summed E-state index contributed by atoms with van der Waals surface area (Å²) >= 11 is 0. The van der Waals surface area contributed by atoms with Crippen LogP contribution in [0.4, 0.5) is 5.69 Å². The first-order valence-corrected chi connectivity index (χ1v) is 10.5. The summed E-state index contributed by atoms with van der Waals surface area (Å²) in [5, 5.41) is 7.20. The Balaban J connectivity index is 1.29. The van der Waals surface area contributed by atoms with Gasteiger partial charge in [-0.2, -0.15) is 4.98 Å². The Morgan fingerprint density at radius 2 is 1.80 bits per heavy atom. The van der Waals surface area contributed by atoms with Crippen molar-refractivity contribution < 1.29 is 9.32 Å². The predicted octanol–water partition coefficient (Wildman–Crippen LogP) is 4.51. The molecule has 1 saturated heterocycles. The number of amides is 1. The van der Waals surface area contributed by atoms with E-state index >= 15 is 0 Å². The van der Waals surface area contributed by atoms with Gasteiger partial charge in [-0.05, 0) is 82.1 Å². The van der Waals surface area contributed by atoms with Crippen LogP contribution in [0.25, 0.3) is 11.5 Å². The largest absolute Gasteiger partial charge is 0.334 e. The Morgan fingerprint density at radius 1 is 1.07 bits per heavy atom. The topological polar surface area (TPSA) is 71.3 Å². The number of nitrogens with zero attached hydrogens (tertiary/aromatic N) is 3. The van der Waals surface area contributed by atoms with Crippen LogP contribution in [0, 0.1) is 26.7 Å². The number of hydrogen-bond acceptors (Lipinski definition) is 5. The van der Waals surface area contributed by atoms with Crippen molar-refractivity contribution in [2.45, 2.75) is 40.2 Å². The molecule has 156 valence electrons. The summed E-state index contributed by atoms with van der Waals surface area (Å²) in [6.45, 7) is 8.52. The van der Waals surface area contributed by atoms with Crippen LogP contribution in [0.15, 0.2) is 47.0 Å². The van der Waals surface area contributed by atoms with Gasteiger partial charge >= 0.3 is 0 Å². The van der Waals surface area contributed by atoms with Gasteiger partial charge < -0.3 is 9.84 Å². The molecule has 0 atom stereocenters. The number of aromatic nitrogens is 2. The molecule has 0 radical (unpaired) electrons. The fraction of sp³-hybridized carbons (Fsp3) is 0.375. The fourth-order valence-corrected chi connectivity index (χ4v) is 3.75. The van der Waals surface area contributed by atoms with Crippen molar-refractivity contribution in [2.75, 3.05) is 18.4 Å². The van der Waals surface area contributed by atoms with E-state index in [1.54, 1.807) is 0 Å². The SMILES string of the molecule is Cc1ccc(-c2nc(CN3CCC(C(=O)Nc4ccc(C)c(C)c4)CC3)no2)cc1. The monoisotopic (exact) mass is 404 g/mol. The molecule has 1 fully saturated rings. The number of likely N-dealkylation sites (tertiary alicyclic amines) is 1. The smallest absolute Gasteiger partial charge is 0.257 e. The van der Waals surface area contributed by atoms with Crippen molar-refractivity contribution >= 4 is 11.6 Å². The number of piperidine rings is 1. The van der Waals surface area contributed by atoms with Crippen molar-refractivity contribution in [3.05, 3.63) is 65.0 Å². The third-order valence-electron chi connectivity index (χ3n) is 5.86. The lowest BCUT2D eigenvalue weighted by Gasteiger charge is -2.30. The lowest BCUT2D eigenvalue weighted by atomic mass is 9.95. The molecule has 2 aromatic carbocycles. The van der Waals surface area contributed by atoms with Gasteiger partial charge in [-0.3, -0.25) is 9.69 Å². The molecule has 0 bridgehead atoms. The van der Waals surface area contributed by atoms with Gasteiger partial charge in [0.25, 0.3) is 5.89 Å². The van der Waals surface area contributed by atoms with Gasteiger partial charge in [0.05, 0.1) is 6.54 Å². The summed E-state index contributed by atoms with van der Waals surface area (Å²) in [6, 6.07) is 14.1. The molecule has 0 saturated carbocycles. The number of carbonyl (C=O) groups excluding carboxylic acids is 1. The van der Waals surface area contributed by atoms with E-state index in [2.05, 4.69) is 41.1 Å². The molecule has 0 spiro atoms. The molecule has 1 N–H and O–H groups in total. The highest BCUT2D eigenvalue weighted by atomic mass is 16.5. The highest BCUT2D eigenvalue weighted by Gasteiger charge is 2.26. The Kier molecular flexibility index (Phi) is 5.95. The summed E-state index contributed by atoms with van der Waals surface area (Å²) in [7, 11) is 0. The van der Waals surface area contributed by atoms with Gasteiger partial charge in [0.2, 0.25) is 5.91 Å². The molecular formula is C24H28N4O2. The van der Waals surface area contributed by atoms with E-state index < -0.39 is 0 Å². The second-order valence-electron chi connectivity index (χ2n) is 8.22. The zero-order valence-electron chi connectivity index (χ0n) is 17.8. The molecule has 1 aliphatic rings. The number of hydrogen-bond donors (Lipinski definition) is 1. The number of nitrogens with one attached hydrogen (secondary N) is 1. The average Bonchev–Trinajstić information content (AvgIpc) is 3.20. The van der Waals surface area contributed by atoms with E-state index in [0.29, 0.717) is 18.3 Å². The van der Waals surface area contributed by atoms with Gasteiger partial charge in [0.15, 0.2) is 5.82 Å². The van der Waals surface area contributed by atoms with Gasteiger partial charge in [0, 0.05) is 17.2 Å². The number of rotatable bonds is 5. The van der Waals surface area contributed by atoms with Crippen molar-refractivity contribution in [3.63, 3.8) is 0 Å². The van der Waals surface area contributed by atoms with Crippen LogP contribution < -0.4 is 5.32 Å². The van der Waals surface area contributed by atoms with Crippen molar-refractivity contribution in [1.29, 1.82) is 0 Å². The van der Waals surface area contributed by atoms with E-state index in [0.717, 1.165) is 37.2 Å². The van der Waals surface area contributed by atoms with Crippen LogP contribution in [-0.4, -0.2) is 34.0 Å². The minimum atomic E-state index is 0.0382. The number of benzene rings is 2. The summed E-state index contributed by atoms with van der Waals surface area (Å²) in [5.74, 6) is 1.38.